The largest absolute Gasteiger partial charge is 0.352 e. The van der Waals surface area contributed by atoms with Gasteiger partial charge >= 0.3 is 0 Å². The van der Waals surface area contributed by atoms with Crippen LogP contribution in [0.1, 0.15) is 38.3 Å². The van der Waals surface area contributed by atoms with Crippen LogP contribution in [0.5, 0.6) is 0 Å². The number of hydrogen-bond donors (Lipinski definition) is 2. The predicted molar refractivity (Wildman–Crippen MR) is 84.2 cm³/mol. The smallest absolute Gasteiger partial charge is 0.242 e. The van der Waals surface area contributed by atoms with Crippen molar-refractivity contribution in [1.29, 1.82) is 0 Å². The van der Waals surface area contributed by atoms with E-state index in [1.165, 1.54) is 5.56 Å². The van der Waals surface area contributed by atoms with Gasteiger partial charge in [-0.3, -0.25) is 14.5 Å². The van der Waals surface area contributed by atoms with E-state index in [1.54, 1.807) is 11.3 Å². The summed E-state index contributed by atoms with van der Waals surface area (Å²) in [6.45, 7) is 6.70. The summed E-state index contributed by atoms with van der Waals surface area (Å²) >= 11 is 1.67. The third-order valence-corrected chi connectivity index (χ3v) is 4.66. The van der Waals surface area contributed by atoms with Gasteiger partial charge in [0.25, 0.3) is 0 Å². The molecule has 1 aromatic rings. The topological polar surface area (TPSA) is 61.4 Å². The summed E-state index contributed by atoms with van der Waals surface area (Å²) in [5, 5.41) is 9.89. The summed E-state index contributed by atoms with van der Waals surface area (Å²) in [6.07, 6.45) is 1.04. The van der Waals surface area contributed by atoms with Gasteiger partial charge in [-0.05, 0) is 41.9 Å². The molecule has 2 atom stereocenters. The number of nitrogens with zero attached hydrogens (tertiary/aromatic N) is 1. The lowest BCUT2D eigenvalue weighted by molar-refractivity contribution is -0.125. The summed E-state index contributed by atoms with van der Waals surface area (Å²) in [6, 6.07) is 1.93. The molecule has 0 aliphatic carbocycles. The molecule has 1 aromatic heterocycles. The lowest BCUT2D eigenvalue weighted by atomic mass is 10.1. The van der Waals surface area contributed by atoms with Crippen LogP contribution in [0.25, 0.3) is 0 Å². The zero-order valence-electron chi connectivity index (χ0n) is 12.6. The molecule has 2 N–H and O–H groups in total. The Balaban J connectivity index is 1.96. The molecule has 2 rings (SSSR count). The molecule has 1 aliphatic rings. The van der Waals surface area contributed by atoms with E-state index < -0.39 is 0 Å². The molecule has 1 fully saturated rings. The molecule has 6 heteroatoms. The van der Waals surface area contributed by atoms with E-state index in [2.05, 4.69) is 46.2 Å². The molecule has 1 saturated heterocycles. The van der Waals surface area contributed by atoms with Crippen LogP contribution >= 0.6 is 11.3 Å². The van der Waals surface area contributed by atoms with Crippen molar-refractivity contribution < 1.29 is 9.59 Å². The van der Waals surface area contributed by atoms with E-state index in [9.17, 15) is 9.59 Å². The Morgan fingerprint density at radius 3 is 2.81 bits per heavy atom. The first kappa shape index (κ1) is 16.0. The van der Waals surface area contributed by atoms with Crippen molar-refractivity contribution in [1.82, 2.24) is 15.5 Å². The average Bonchev–Trinajstić information content (AvgIpc) is 3.14. The molecular weight excluding hydrogens is 286 g/mol. The van der Waals surface area contributed by atoms with Crippen molar-refractivity contribution in [3.05, 3.63) is 22.4 Å². The lowest BCUT2D eigenvalue weighted by Gasteiger charge is -2.29. The van der Waals surface area contributed by atoms with Crippen LogP contribution in [0.4, 0.5) is 0 Å². The van der Waals surface area contributed by atoms with E-state index in [-0.39, 0.29) is 23.9 Å². The van der Waals surface area contributed by atoms with Gasteiger partial charge in [0, 0.05) is 13.0 Å². The maximum atomic E-state index is 12.1. The Labute approximate surface area is 129 Å². The molecule has 0 bridgehead atoms. The Hall–Kier alpha value is -1.40. The fourth-order valence-electron chi connectivity index (χ4n) is 2.72. The molecule has 2 heterocycles. The maximum Gasteiger partial charge on any atom is 0.242 e. The van der Waals surface area contributed by atoms with Crippen molar-refractivity contribution >= 4 is 23.2 Å². The quantitative estimate of drug-likeness (QED) is 0.803. The zero-order chi connectivity index (χ0) is 15.2. The van der Waals surface area contributed by atoms with Gasteiger partial charge in [0.2, 0.25) is 11.8 Å². The second kappa shape index (κ2) is 7.56. The summed E-state index contributed by atoms with van der Waals surface area (Å²) < 4.78 is 0. The molecule has 0 aromatic carbocycles. The molecule has 0 spiro atoms. The average molecular weight is 309 g/mol. The van der Waals surface area contributed by atoms with Crippen molar-refractivity contribution in [3.63, 3.8) is 0 Å². The van der Waals surface area contributed by atoms with E-state index in [1.807, 2.05) is 0 Å². The number of likely N-dealkylation sites (N-methyl/N-ethyl adjacent to an activating group) is 1. The van der Waals surface area contributed by atoms with E-state index in [4.69, 9.17) is 0 Å². The highest BCUT2D eigenvalue weighted by atomic mass is 32.1. The van der Waals surface area contributed by atoms with Crippen LogP contribution in [0.2, 0.25) is 0 Å². The summed E-state index contributed by atoms with van der Waals surface area (Å²) in [7, 11) is 0. The molecule has 0 saturated carbocycles. The van der Waals surface area contributed by atoms with Gasteiger partial charge in [-0.1, -0.05) is 13.8 Å². The van der Waals surface area contributed by atoms with E-state index in [0.29, 0.717) is 19.4 Å². The Morgan fingerprint density at radius 2 is 2.29 bits per heavy atom. The van der Waals surface area contributed by atoms with Crippen LogP contribution in [0.3, 0.4) is 0 Å². The number of carbonyl (C=O) groups excluding carboxylic acids is 2. The Bertz CT molecular complexity index is 471. The summed E-state index contributed by atoms with van der Waals surface area (Å²) in [5.41, 5.74) is 1.24. The van der Waals surface area contributed by atoms with Crippen LogP contribution < -0.4 is 10.6 Å². The lowest BCUT2D eigenvalue weighted by Crippen LogP contribution is -2.45. The first-order valence-electron chi connectivity index (χ1n) is 7.48. The number of thiophene rings is 1. The van der Waals surface area contributed by atoms with E-state index >= 15 is 0 Å². The van der Waals surface area contributed by atoms with Crippen LogP contribution in [-0.4, -0.2) is 42.4 Å². The standard InChI is InChI=1S/C15H23N3O2S/c1-3-18(4-2)13(11-7-8-21-10-11)9-16-15(20)12-5-6-14(19)17-12/h7-8,10,12-13H,3-6,9H2,1-2H3,(H,16,20)(H,17,19)/t12-,13-/m1/s1. The molecule has 0 unspecified atom stereocenters. The molecular formula is C15H23N3O2S. The first-order valence-corrected chi connectivity index (χ1v) is 8.43. The molecule has 0 radical (unpaired) electrons. The Morgan fingerprint density at radius 1 is 1.52 bits per heavy atom. The second-order valence-electron chi connectivity index (χ2n) is 5.20. The zero-order valence-corrected chi connectivity index (χ0v) is 13.4. The molecule has 2 amide bonds. The third-order valence-electron chi connectivity index (χ3n) is 3.96. The van der Waals surface area contributed by atoms with Gasteiger partial charge < -0.3 is 10.6 Å². The Kier molecular flexibility index (Phi) is 5.76. The van der Waals surface area contributed by atoms with Gasteiger partial charge in [0.1, 0.15) is 6.04 Å². The van der Waals surface area contributed by atoms with Crippen molar-refractivity contribution in [2.24, 2.45) is 0 Å². The van der Waals surface area contributed by atoms with Crippen molar-refractivity contribution in [2.75, 3.05) is 19.6 Å². The first-order chi connectivity index (χ1) is 10.2. The molecule has 116 valence electrons. The van der Waals surface area contributed by atoms with Gasteiger partial charge in [-0.25, -0.2) is 0 Å². The minimum absolute atomic E-state index is 0.0340. The van der Waals surface area contributed by atoms with Crippen LogP contribution in [0.15, 0.2) is 16.8 Å². The molecule has 5 nitrogen and oxygen atoms in total. The minimum atomic E-state index is -0.364. The number of nitrogens with one attached hydrogen (secondary N) is 2. The number of rotatable bonds is 7. The number of hydrogen-bond acceptors (Lipinski definition) is 4. The van der Waals surface area contributed by atoms with Gasteiger partial charge in [0.15, 0.2) is 0 Å². The monoisotopic (exact) mass is 309 g/mol. The second-order valence-corrected chi connectivity index (χ2v) is 5.98. The SMILES string of the molecule is CCN(CC)[C@H](CNC(=O)[C@H]1CCC(=O)N1)c1ccsc1. The van der Waals surface area contributed by atoms with Gasteiger partial charge in [-0.15, -0.1) is 0 Å². The highest BCUT2D eigenvalue weighted by Crippen LogP contribution is 2.22. The summed E-state index contributed by atoms with van der Waals surface area (Å²) in [5.74, 6) is -0.110. The highest BCUT2D eigenvalue weighted by molar-refractivity contribution is 7.07. The van der Waals surface area contributed by atoms with Crippen molar-refractivity contribution in [3.8, 4) is 0 Å². The highest BCUT2D eigenvalue weighted by Gasteiger charge is 2.28. The van der Waals surface area contributed by atoms with Crippen LogP contribution in [-0.2, 0) is 9.59 Å². The normalized spacial score (nSPS) is 19.6. The molecule has 21 heavy (non-hydrogen) atoms. The fourth-order valence-corrected chi connectivity index (χ4v) is 3.43. The van der Waals surface area contributed by atoms with Gasteiger partial charge in [-0.2, -0.15) is 11.3 Å². The third kappa shape index (κ3) is 4.04. The van der Waals surface area contributed by atoms with Gasteiger partial charge in [0.05, 0.1) is 6.04 Å². The van der Waals surface area contributed by atoms with Crippen molar-refractivity contribution in [2.45, 2.75) is 38.8 Å². The molecule has 1 aliphatic heterocycles. The maximum absolute atomic E-state index is 12.1. The van der Waals surface area contributed by atoms with E-state index in [0.717, 1.165) is 13.1 Å². The minimum Gasteiger partial charge on any atom is -0.352 e. The van der Waals surface area contributed by atoms with Crippen LogP contribution in [0, 0.1) is 0 Å². The predicted octanol–water partition coefficient (Wildman–Crippen LogP) is 1.53. The summed E-state index contributed by atoms with van der Waals surface area (Å²) in [4.78, 5) is 25.6. The number of amides is 2. The fraction of sp³-hybridized carbons (Fsp3) is 0.600. The number of carbonyl (C=O) groups is 2.